The number of benzene rings is 1. The minimum absolute atomic E-state index is 0.209. The topological polar surface area (TPSA) is 121 Å². The largest absolute Gasteiger partial charge is 0.295 e. The van der Waals surface area contributed by atoms with Crippen molar-refractivity contribution in [1.29, 1.82) is 0 Å². The molecular formula is C20H16N6O3. The van der Waals surface area contributed by atoms with Gasteiger partial charge in [-0.05, 0) is 25.3 Å². The van der Waals surface area contributed by atoms with E-state index in [1.807, 2.05) is 12.1 Å². The lowest BCUT2D eigenvalue weighted by molar-refractivity contribution is -0.134. The van der Waals surface area contributed by atoms with Crippen LogP contribution in [-0.2, 0) is 15.0 Å². The van der Waals surface area contributed by atoms with Crippen molar-refractivity contribution < 1.29 is 14.4 Å². The molecule has 2 aromatic heterocycles. The van der Waals surface area contributed by atoms with E-state index in [0.717, 1.165) is 35.0 Å². The maximum Gasteiger partial charge on any atom is 0.259 e. The monoisotopic (exact) mass is 388 g/mol. The van der Waals surface area contributed by atoms with Gasteiger partial charge in [0.1, 0.15) is 6.04 Å². The zero-order valence-electron chi connectivity index (χ0n) is 15.3. The maximum absolute atomic E-state index is 13.2. The standard InChI is InChI=1S/C20H16N6O3/c27-15-5-4-12(18(28)23-15)26-13-8-21-17(20(6-7-20)14-9-22-25-24-14)10-2-1-3-11(16(10)13)19(26)29/h1-3,8-9,12H,4-7H2,(H,22,24,25)(H,23,27,28). The number of aromatic amines is 1. The second-order valence-electron chi connectivity index (χ2n) is 7.80. The van der Waals surface area contributed by atoms with Gasteiger partial charge >= 0.3 is 0 Å². The van der Waals surface area contributed by atoms with E-state index < -0.39 is 11.9 Å². The lowest BCUT2D eigenvalue weighted by Gasteiger charge is -2.30. The second kappa shape index (κ2) is 5.47. The molecule has 1 aromatic carbocycles. The van der Waals surface area contributed by atoms with Crippen LogP contribution < -0.4 is 10.2 Å². The number of carbonyl (C=O) groups excluding carboxylic acids is 3. The summed E-state index contributed by atoms with van der Waals surface area (Å²) in [6.45, 7) is 0. The molecule has 9 nitrogen and oxygen atoms in total. The van der Waals surface area contributed by atoms with E-state index in [-0.39, 0.29) is 23.7 Å². The molecule has 1 atom stereocenters. The van der Waals surface area contributed by atoms with Gasteiger partial charge in [0.15, 0.2) is 0 Å². The predicted octanol–water partition coefficient (Wildman–Crippen LogP) is 1.20. The van der Waals surface area contributed by atoms with Gasteiger partial charge in [-0.3, -0.25) is 29.6 Å². The molecule has 0 bridgehead atoms. The Kier molecular flexibility index (Phi) is 3.08. The molecule has 2 aliphatic heterocycles. The van der Waals surface area contributed by atoms with Crippen LogP contribution in [0.5, 0.6) is 0 Å². The molecule has 0 radical (unpaired) electrons. The Balaban J connectivity index is 1.52. The quantitative estimate of drug-likeness (QED) is 0.651. The highest BCUT2D eigenvalue weighted by Gasteiger charge is 2.51. The summed E-state index contributed by atoms with van der Waals surface area (Å²) >= 11 is 0. The highest BCUT2D eigenvalue weighted by Crippen LogP contribution is 2.55. The van der Waals surface area contributed by atoms with Crippen molar-refractivity contribution in [1.82, 2.24) is 25.7 Å². The number of nitrogens with one attached hydrogen (secondary N) is 2. The summed E-state index contributed by atoms with van der Waals surface area (Å²) in [5.74, 6) is -0.983. The lowest BCUT2D eigenvalue weighted by Crippen LogP contribution is -2.53. The molecule has 3 aliphatic rings. The Bertz CT molecular complexity index is 1210. The molecule has 1 saturated heterocycles. The Hall–Kier alpha value is -3.62. The number of aromatic nitrogens is 4. The highest BCUT2D eigenvalue weighted by molar-refractivity contribution is 6.27. The molecule has 3 aromatic rings. The first kappa shape index (κ1) is 16.3. The second-order valence-corrected chi connectivity index (χ2v) is 7.80. The summed E-state index contributed by atoms with van der Waals surface area (Å²) in [4.78, 5) is 43.4. The predicted molar refractivity (Wildman–Crippen MR) is 101 cm³/mol. The zero-order valence-corrected chi connectivity index (χ0v) is 15.3. The maximum atomic E-state index is 13.2. The molecule has 4 heterocycles. The van der Waals surface area contributed by atoms with Crippen molar-refractivity contribution in [3.05, 3.63) is 47.5 Å². The van der Waals surface area contributed by atoms with Crippen LogP contribution in [0.15, 0.2) is 30.6 Å². The number of rotatable bonds is 3. The van der Waals surface area contributed by atoms with Crippen LogP contribution in [0.2, 0.25) is 0 Å². The van der Waals surface area contributed by atoms with E-state index in [2.05, 4.69) is 20.7 Å². The summed E-state index contributed by atoms with van der Waals surface area (Å²) in [6, 6.07) is 4.87. The van der Waals surface area contributed by atoms with Gasteiger partial charge in [0, 0.05) is 22.8 Å². The van der Waals surface area contributed by atoms with E-state index in [1.165, 1.54) is 4.90 Å². The minimum atomic E-state index is -0.714. The van der Waals surface area contributed by atoms with Crippen molar-refractivity contribution in [2.75, 3.05) is 4.90 Å². The van der Waals surface area contributed by atoms with Crippen molar-refractivity contribution in [3.63, 3.8) is 0 Å². The lowest BCUT2D eigenvalue weighted by atomic mass is 9.92. The van der Waals surface area contributed by atoms with Crippen molar-refractivity contribution in [2.24, 2.45) is 0 Å². The van der Waals surface area contributed by atoms with Crippen LogP contribution >= 0.6 is 0 Å². The number of imide groups is 1. The first-order valence-electron chi connectivity index (χ1n) is 9.56. The number of amides is 3. The number of hydrogen-bond donors (Lipinski definition) is 2. The molecule has 2 N–H and O–H groups in total. The Morgan fingerprint density at radius 1 is 1.14 bits per heavy atom. The number of hydrogen-bond acceptors (Lipinski definition) is 6. The number of piperidine rings is 1. The third-order valence-corrected chi connectivity index (χ3v) is 6.23. The van der Waals surface area contributed by atoms with Gasteiger partial charge in [-0.25, -0.2) is 0 Å². The third kappa shape index (κ3) is 2.09. The van der Waals surface area contributed by atoms with Gasteiger partial charge in [-0.15, -0.1) is 0 Å². The molecule has 3 amide bonds. The first-order valence-corrected chi connectivity index (χ1v) is 9.56. The summed E-state index contributed by atoms with van der Waals surface area (Å²) in [5.41, 5.74) is 2.61. The number of H-pyrrole nitrogens is 1. The first-order chi connectivity index (χ1) is 14.1. The number of carbonyl (C=O) groups is 3. The normalized spacial score (nSPS) is 22.3. The average Bonchev–Trinajstić information content (AvgIpc) is 3.21. The molecule has 1 saturated carbocycles. The van der Waals surface area contributed by atoms with Crippen molar-refractivity contribution in [2.45, 2.75) is 37.1 Å². The van der Waals surface area contributed by atoms with Gasteiger partial charge in [-0.2, -0.15) is 15.4 Å². The van der Waals surface area contributed by atoms with Crippen LogP contribution in [0, 0.1) is 0 Å². The Morgan fingerprint density at radius 2 is 2.00 bits per heavy atom. The van der Waals surface area contributed by atoms with Crippen LogP contribution in [0.25, 0.3) is 10.8 Å². The zero-order chi connectivity index (χ0) is 19.8. The fourth-order valence-electron chi connectivity index (χ4n) is 4.68. The van der Waals surface area contributed by atoms with Gasteiger partial charge < -0.3 is 0 Å². The third-order valence-electron chi connectivity index (χ3n) is 6.23. The fourth-order valence-corrected chi connectivity index (χ4v) is 4.68. The summed E-state index contributed by atoms with van der Waals surface area (Å²) < 4.78 is 0. The highest BCUT2D eigenvalue weighted by atomic mass is 16.2. The van der Waals surface area contributed by atoms with Gasteiger partial charge in [0.05, 0.1) is 34.9 Å². The summed E-state index contributed by atoms with van der Waals surface area (Å²) in [5, 5.41) is 14.9. The van der Waals surface area contributed by atoms with Crippen molar-refractivity contribution in [3.8, 4) is 0 Å². The van der Waals surface area contributed by atoms with E-state index in [9.17, 15) is 14.4 Å². The molecule has 0 spiro atoms. The smallest absolute Gasteiger partial charge is 0.259 e. The Labute approximate surface area is 164 Å². The molecule has 1 unspecified atom stereocenters. The molecular weight excluding hydrogens is 372 g/mol. The SMILES string of the molecule is O=C1CCC(N2C(=O)c3cccc4c(C5(c6cn[nH]n6)CC5)ncc2c34)C(=O)N1. The van der Waals surface area contributed by atoms with Gasteiger partial charge in [0.2, 0.25) is 11.8 Å². The van der Waals surface area contributed by atoms with Gasteiger partial charge in [0.25, 0.3) is 5.91 Å². The fraction of sp³-hybridized carbons (Fsp3) is 0.300. The molecule has 29 heavy (non-hydrogen) atoms. The van der Waals surface area contributed by atoms with E-state index in [1.54, 1.807) is 18.5 Å². The molecule has 1 aliphatic carbocycles. The van der Waals surface area contributed by atoms with Crippen LogP contribution in [0.3, 0.4) is 0 Å². The number of nitrogens with zero attached hydrogens (tertiary/aromatic N) is 4. The molecule has 144 valence electrons. The van der Waals surface area contributed by atoms with E-state index in [0.29, 0.717) is 17.7 Å². The number of anilines is 1. The van der Waals surface area contributed by atoms with E-state index in [4.69, 9.17) is 4.98 Å². The van der Waals surface area contributed by atoms with Gasteiger partial charge in [-0.1, -0.05) is 12.1 Å². The molecule has 2 fully saturated rings. The average molecular weight is 388 g/mol. The van der Waals surface area contributed by atoms with Crippen LogP contribution in [0.4, 0.5) is 5.69 Å². The van der Waals surface area contributed by atoms with Crippen molar-refractivity contribution >= 4 is 34.2 Å². The van der Waals surface area contributed by atoms with E-state index >= 15 is 0 Å². The molecule has 6 rings (SSSR count). The summed E-state index contributed by atoms with van der Waals surface area (Å²) in [6.07, 6.45) is 5.73. The van der Waals surface area contributed by atoms with Crippen LogP contribution in [0.1, 0.15) is 47.4 Å². The Morgan fingerprint density at radius 3 is 2.72 bits per heavy atom. The summed E-state index contributed by atoms with van der Waals surface area (Å²) in [7, 11) is 0. The van der Waals surface area contributed by atoms with Crippen LogP contribution in [-0.4, -0.2) is 44.2 Å². The minimum Gasteiger partial charge on any atom is -0.295 e. The molecule has 9 heteroatoms. The number of pyridine rings is 1.